The van der Waals surface area contributed by atoms with Gasteiger partial charge in [-0.25, -0.2) is 0 Å². The maximum absolute atomic E-state index is 12.6. The number of benzene rings is 1. The minimum absolute atomic E-state index is 0.0920. The Morgan fingerprint density at radius 1 is 1.27 bits per heavy atom. The Labute approximate surface area is 169 Å². The average Bonchev–Trinajstić information content (AvgIpc) is 3.38. The van der Waals surface area contributed by atoms with Gasteiger partial charge in [0.05, 0.1) is 6.10 Å². The summed E-state index contributed by atoms with van der Waals surface area (Å²) in [4.78, 5) is 28.4. The lowest BCUT2D eigenvalue weighted by atomic mass is 10.1. The first-order valence-corrected chi connectivity index (χ1v) is 9.25. The molecule has 2 heterocycles. The van der Waals surface area contributed by atoms with Crippen molar-refractivity contribution in [3.05, 3.63) is 35.7 Å². The highest BCUT2D eigenvalue weighted by Gasteiger charge is 2.38. The Kier molecular flexibility index (Phi) is 6.70. The molecule has 8 nitrogen and oxygen atoms in total. The number of alkyl halides is 3. The molecule has 0 N–H and O–H groups in total. The average molecular weight is 427 g/mol. The second-order valence-electron chi connectivity index (χ2n) is 6.81. The van der Waals surface area contributed by atoms with Gasteiger partial charge in [0, 0.05) is 32.2 Å². The van der Waals surface area contributed by atoms with Gasteiger partial charge in [-0.3, -0.25) is 9.59 Å². The molecular formula is C19H20F3N3O5. The normalized spacial score (nSPS) is 16.5. The topological polar surface area (TPSA) is 94.8 Å². The lowest BCUT2D eigenvalue weighted by Crippen LogP contribution is -2.39. The summed E-state index contributed by atoms with van der Waals surface area (Å²) in [5.41, 5.74) is 1.07. The van der Waals surface area contributed by atoms with Gasteiger partial charge in [0.2, 0.25) is 5.82 Å². The lowest BCUT2D eigenvalue weighted by Gasteiger charge is -2.25. The first-order valence-electron chi connectivity index (χ1n) is 9.25. The number of esters is 1. The number of hydrogen-bond donors (Lipinski definition) is 0. The molecule has 3 rings (SSSR count). The van der Waals surface area contributed by atoms with Crippen molar-refractivity contribution in [1.82, 2.24) is 15.0 Å². The highest BCUT2D eigenvalue weighted by Crippen LogP contribution is 2.29. The van der Waals surface area contributed by atoms with Crippen LogP contribution in [-0.2, 0) is 31.8 Å². The molecule has 0 bridgehead atoms. The van der Waals surface area contributed by atoms with Gasteiger partial charge in [0.25, 0.3) is 5.91 Å². The van der Waals surface area contributed by atoms with Crippen LogP contribution in [0.25, 0.3) is 11.4 Å². The maximum atomic E-state index is 12.6. The molecule has 11 heteroatoms. The van der Waals surface area contributed by atoms with Crippen LogP contribution < -0.4 is 0 Å². The number of rotatable bonds is 7. The van der Waals surface area contributed by atoms with Crippen molar-refractivity contribution in [3.63, 3.8) is 0 Å². The SMILES string of the molecule is CC(=O)OCC(=O)N(Cc1ccc(-c2noc(C(F)(F)F)n2)cc1)CC1CCCO1. The van der Waals surface area contributed by atoms with E-state index in [0.29, 0.717) is 18.7 Å². The van der Waals surface area contributed by atoms with E-state index in [9.17, 15) is 22.8 Å². The minimum Gasteiger partial charge on any atom is -0.456 e. The Balaban J connectivity index is 1.69. The number of nitrogens with zero attached hydrogens (tertiary/aromatic N) is 3. The molecule has 0 spiro atoms. The molecule has 1 aromatic carbocycles. The third kappa shape index (κ3) is 5.78. The molecule has 1 unspecified atom stereocenters. The van der Waals surface area contributed by atoms with E-state index in [1.54, 1.807) is 24.3 Å². The fourth-order valence-corrected chi connectivity index (χ4v) is 2.98. The van der Waals surface area contributed by atoms with E-state index in [4.69, 9.17) is 9.47 Å². The first kappa shape index (κ1) is 21.8. The molecular weight excluding hydrogens is 407 g/mol. The first-order chi connectivity index (χ1) is 14.2. The van der Waals surface area contributed by atoms with Gasteiger partial charge < -0.3 is 18.9 Å². The molecule has 1 aliphatic heterocycles. The smallest absolute Gasteiger partial charge is 0.456 e. The quantitative estimate of drug-likeness (QED) is 0.627. The van der Waals surface area contributed by atoms with E-state index in [1.807, 2.05) is 0 Å². The monoisotopic (exact) mass is 427 g/mol. The second kappa shape index (κ2) is 9.24. The summed E-state index contributed by atoms with van der Waals surface area (Å²) in [5, 5.41) is 3.35. The largest absolute Gasteiger partial charge is 0.471 e. The molecule has 0 aliphatic carbocycles. The molecule has 0 saturated carbocycles. The Morgan fingerprint density at radius 2 is 2.00 bits per heavy atom. The van der Waals surface area contributed by atoms with Crippen LogP contribution in [0.2, 0.25) is 0 Å². The van der Waals surface area contributed by atoms with Crippen LogP contribution in [0, 0.1) is 0 Å². The van der Waals surface area contributed by atoms with Crippen molar-refractivity contribution >= 4 is 11.9 Å². The molecule has 30 heavy (non-hydrogen) atoms. The fraction of sp³-hybridized carbons (Fsp3) is 0.474. The number of hydrogen-bond acceptors (Lipinski definition) is 7. The lowest BCUT2D eigenvalue weighted by molar-refractivity contribution is -0.159. The van der Waals surface area contributed by atoms with E-state index in [2.05, 4.69) is 14.7 Å². The number of halogens is 3. The zero-order valence-electron chi connectivity index (χ0n) is 16.1. The maximum Gasteiger partial charge on any atom is 0.471 e. The van der Waals surface area contributed by atoms with E-state index in [0.717, 1.165) is 18.4 Å². The predicted octanol–water partition coefficient (Wildman–Crippen LogP) is 2.83. The molecule has 1 atom stereocenters. The molecule has 2 aromatic rings. The van der Waals surface area contributed by atoms with Crippen molar-refractivity contribution in [2.45, 2.75) is 38.6 Å². The van der Waals surface area contributed by atoms with Crippen molar-refractivity contribution in [3.8, 4) is 11.4 Å². The molecule has 1 aliphatic rings. The van der Waals surface area contributed by atoms with Crippen LogP contribution in [0.4, 0.5) is 13.2 Å². The molecule has 1 amide bonds. The minimum atomic E-state index is -4.71. The van der Waals surface area contributed by atoms with Crippen LogP contribution in [0.1, 0.15) is 31.2 Å². The highest BCUT2D eigenvalue weighted by atomic mass is 19.4. The molecule has 1 aromatic heterocycles. The third-order valence-electron chi connectivity index (χ3n) is 4.45. The van der Waals surface area contributed by atoms with Crippen molar-refractivity contribution in [2.75, 3.05) is 19.8 Å². The summed E-state index contributed by atoms with van der Waals surface area (Å²) in [6.07, 6.45) is -3.06. The van der Waals surface area contributed by atoms with Gasteiger partial charge in [-0.2, -0.15) is 18.2 Å². The van der Waals surface area contributed by atoms with Gasteiger partial charge >= 0.3 is 18.0 Å². The van der Waals surface area contributed by atoms with E-state index in [1.165, 1.54) is 11.8 Å². The highest BCUT2D eigenvalue weighted by molar-refractivity contribution is 5.80. The Morgan fingerprint density at radius 3 is 2.57 bits per heavy atom. The summed E-state index contributed by atoms with van der Waals surface area (Å²) < 4.78 is 52.4. The number of carbonyl (C=O) groups excluding carboxylic acids is 2. The van der Waals surface area contributed by atoms with Gasteiger partial charge in [-0.1, -0.05) is 29.4 Å². The zero-order chi connectivity index (χ0) is 21.7. The van der Waals surface area contributed by atoms with Crippen LogP contribution >= 0.6 is 0 Å². The van der Waals surface area contributed by atoms with Crippen molar-refractivity contribution in [2.24, 2.45) is 0 Å². The fourth-order valence-electron chi connectivity index (χ4n) is 2.98. The summed E-state index contributed by atoms with van der Waals surface area (Å²) in [6, 6.07) is 6.39. The Bertz CT molecular complexity index is 876. The van der Waals surface area contributed by atoms with Crippen LogP contribution in [0.3, 0.4) is 0 Å². The third-order valence-corrected chi connectivity index (χ3v) is 4.45. The second-order valence-corrected chi connectivity index (χ2v) is 6.81. The van der Waals surface area contributed by atoms with Gasteiger partial charge in [0.1, 0.15) is 0 Å². The molecule has 0 radical (unpaired) electrons. The van der Waals surface area contributed by atoms with Crippen molar-refractivity contribution < 1.29 is 36.8 Å². The van der Waals surface area contributed by atoms with Crippen LogP contribution in [0.15, 0.2) is 28.8 Å². The zero-order valence-corrected chi connectivity index (χ0v) is 16.1. The van der Waals surface area contributed by atoms with Crippen molar-refractivity contribution in [1.29, 1.82) is 0 Å². The number of ether oxygens (including phenoxy) is 2. The summed E-state index contributed by atoms with van der Waals surface area (Å²) >= 11 is 0. The summed E-state index contributed by atoms with van der Waals surface area (Å²) in [7, 11) is 0. The molecule has 1 saturated heterocycles. The Hall–Kier alpha value is -2.95. The number of carbonyl (C=O) groups is 2. The van der Waals surface area contributed by atoms with E-state index in [-0.39, 0.29) is 31.0 Å². The number of aromatic nitrogens is 2. The number of amides is 1. The van der Waals surface area contributed by atoms with Gasteiger partial charge in [0.15, 0.2) is 6.61 Å². The summed E-state index contributed by atoms with van der Waals surface area (Å²) in [6.45, 7) is 2.06. The predicted molar refractivity (Wildman–Crippen MR) is 95.8 cm³/mol. The van der Waals surface area contributed by atoms with Crippen LogP contribution in [-0.4, -0.2) is 52.8 Å². The summed E-state index contributed by atoms with van der Waals surface area (Å²) in [5.74, 6) is -2.52. The van der Waals surface area contributed by atoms with E-state index < -0.39 is 18.0 Å². The van der Waals surface area contributed by atoms with E-state index >= 15 is 0 Å². The molecule has 1 fully saturated rings. The van der Waals surface area contributed by atoms with Gasteiger partial charge in [-0.05, 0) is 18.4 Å². The van der Waals surface area contributed by atoms with Gasteiger partial charge in [-0.15, -0.1) is 0 Å². The standard InChI is InChI=1S/C19H20F3N3O5/c1-12(26)29-11-16(27)25(10-15-3-2-8-28-15)9-13-4-6-14(7-5-13)17-23-18(30-24-17)19(20,21)22/h4-7,15H,2-3,8-11H2,1H3. The molecule has 162 valence electrons. The van der Waals surface area contributed by atoms with Crippen LogP contribution in [0.5, 0.6) is 0 Å².